The van der Waals surface area contributed by atoms with Crippen LogP contribution in [0.5, 0.6) is 11.5 Å². The number of halogens is 2. The van der Waals surface area contributed by atoms with E-state index < -0.39 is 11.9 Å². The molecule has 2 aromatic carbocycles. The highest BCUT2D eigenvalue weighted by molar-refractivity contribution is 6.32. The highest BCUT2D eigenvalue weighted by Crippen LogP contribution is 2.34. The van der Waals surface area contributed by atoms with Crippen LogP contribution in [0.4, 0.5) is 4.39 Å². The zero-order valence-electron chi connectivity index (χ0n) is 11.6. The van der Waals surface area contributed by atoms with E-state index in [9.17, 15) is 9.50 Å². The fourth-order valence-corrected chi connectivity index (χ4v) is 2.21. The van der Waals surface area contributed by atoms with Gasteiger partial charge in [-0.15, -0.1) is 0 Å². The van der Waals surface area contributed by atoms with Crippen molar-refractivity contribution in [2.45, 2.75) is 26.9 Å². The molecule has 0 aromatic heterocycles. The van der Waals surface area contributed by atoms with Crippen LogP contribution in [0.3, 0.4) is 0 Å². The van der Waals surface area contributed by atoms with E-state index in [1.54, 1.807) is 24.3 Å². The molecule has 0 heterocycles. The Balaban J connectivity index is 2.43. The van der Waals surface area contributed by atoms with Gasteiger partial charge in [-0.25, -0.2) is 4.39 Å². The van der Waals surface area contributed by atoms with Crippen LogP contribution in [0, 0.1) is 19.7 Å². The average molecular weight is 295 g/mol. The summed E-state index contributed by atoms with van der Waals surface area (Å²) in [5, 5.41) is 10.4. The number of aliphatic hydroxyl groups is 1. The van der Waals surface area contributed by atoms with Crippen molar-refractivity contribution in [2.75, 3.05) is 0 Å². The number of ether oxygens (including phenoxy) is 1. The summed E-state index contributed by atoms with van der Waals surface area (Å²) in [6.07, 6.45) is -0.944. The molecule has 0 saturated carbocycles. The van der Waals surface area contributed by atoms with Crippen LogP contribution < -0.4 is 4.74 Å². The van der Waals surface area contributed by atoms with Crippen molar-refractivity contribution in [3.8, 4) is 11.5 Å². The summed E-state index contributed by atoms with van der Waals surface area (Å²) in [6, 6.07) is 8.04. The van der Waals surface area contributed by atoms with Crippen molar-refractivity contribution in [2.24, 2.45) is 0 Å². The van der Waals surface area contributed by atoms with Crippen molar-refractivity contribution in [1.29, 1.82) is 0 Å². The standard InChI is InChI=1S/C16H16ClFO2/c1-9-7-12(8-10(2)16(9)17)20-14-6-4-5-13(18)15(14)11(3)19/h4-8,11,19H,1-3H3. The fourth-order valence-electron chi connectivity index (χ4n) is 2.10. The second kappa shape index (κ2) is 5.81. The third-order valence-electron chi connectivity index (χ3n) is 3.07. The first-order chi connectivity index (χ1) is 9.40. The van der Waals surface area contributed by atoms with Gasteiger partial charge in [-0.3, -0.25) is 0 Å². The van der Waals surface area contributed by atoms with E-state index in [-0.39, 0.29) is 5.56 Å². The first-order valence-electron chi connectivity index (χ1n) is 6.31. The van der Waals surface area contributed by atoms with Gasteiger partial charge >= 0.3 is 0 Å². The van der Waals surface area contributed by atoms with Crippen LogP contribution in [0.25, 0.3) is 0 Å². The summed E-state index contributed by atoms with van der Waals surface area (Å²) >= 11 is 6.10. The van der Waals surface area contributed by atoms with Gasteiger partial charge in [0.1, 0.15) is 17.3 Å². The summed E-state index contributed by atoms with van der Waals surface area (Å²) in [4.78, 5) is 0. The molecule has 106 valence electrons. The van der Waals surface area contributed by atoms with E-state index in [1.807, 2.05) is 13.8 Å². The highest BCUT2D eigenvalue weighted by atomic mass is 35.5. The lowest BCUT2D eigenvalue weighted by molar-refractivity contribution is 0.190. The maximum atomic E-state index is 13.8. The first-order valence-corrected chi connectivity index (χ1v) is 6.69. The Morgan fingerprint density at radius 3 is 2.35 bits per heavy atom. The van der Waals surface area contributed by atoms with Gasteiger partial charge in [0.2, 0.25) is 0 Å². The van der Waals surface area contributed by atoms with Crippen LogP contribution in [0.2, 0.25) is 5.02 Å². The zero-order valence-corrected chi connectivity index (χ0v) is 12.3. The van der Waals surface area contributed by atoms with E-state index in [2.05, 4.69) is 0 Å². The van der Waals surface area contributed by atoms with Gasteiger partial charge in [0.25, 0.3) is 0 Å². The molecule has 1 N–H and O–H groups in total. The molecule has 4 heteroatoms. The number of hydrogen-bond acceptors (Lipinski definition) is 2. The molecule has 2 aromatic rings. The molecule has 1 atom stereocenters. The van der Waals surface area contributed by atoms with Gasteiger partial charge < -0.3 is 9.84 Å². The van der Waals surface area contributed by atoms with E-state index in [0.717, 1.165) is 11.1 Å². The molecule has 0 aliphatic carbocycles. The molecule has 0 spiro atoms. The Morgan fingerprint density at radius 1 is 1.20 bits per heavy atom. The predicted octanol–water partition coefficient (Wildman–Crippen LogP) is 4.94. The van der Waals surface area contributed by atoms with Crippen LogP contribution in [0.15, 0.2) is 30.3 Å². The largest absolute Gasteiger partial charge is 0.457 e. The minimum atomic E-state index is -0.944. The highest BCUT2D eigenvalue weighted by Gasteiger charge is 2.15. The van der Waals surface area contributed by atoms with Crippen LogP contribution in [-0.2, 0) is 0 Å². The Bertz CT molecular complexity index is 615. The van der Waals surface area contributed by atoms with Crippen molar-refractivity contribution >= 4 is 11.6 Å². The Hall–Kier alpha value is -1.58. The third-order valence-corrected chi connectivity index (χ3v) is 3.66. The quantitative estimate of drug-likeness (QED) is 0.868. The molecular formula is C16H16ClFO2. The van der Waals surface area contributed by atoms with Crippen molar-refractivity contribution < 1.29 is 14.2 Å². The fraction of sp³-hybridized carbons (Fsp3) is 0.250. The van der Waals surface area contributed by atoms with Gasteiger partial charge in [-0.2, -0.15) is 0 Å². The molecule has 2 rings (SSSR count). The number of hydrogen-bond donors (Lipinski definition) is 1. The Morgan fingerprint density at radius 2 is 1.80 bits per heavy atom. The lowest BCUT2D eigenvalue weighted by atomic mass is 10.1. The molecule has 0 saturated heterocycles. The van der Waals surface area contributed by atoms with Crippen molar-refractivity contribution in [1.82, 2.24) is 0 Å². The third kappa shape index (κ3) is 2.94. The smallest absolute Gasteiger partial charge is 0.136 e. The van der Waals surface area contributed by atoms with Crippen molar-refractivity contribution in [3.05, 3.63) is 57.9 Å². The van der Waals surface area contributed by atoms with Crippen molar-refractivity contribution in [3.63, 3.8) is 0 Å². The number of aliphatic hydroxyl groups excluding tert-OH is 1. The first kappa shape index (κ1) is 14.8. The molecule has 20 heavy (non-hydrogen) atoms. The van der Waals surface area contributed by atoms with Gasteiger partial charge in [0.05, 0.1) is 11.7 Å². The molecule has 1 unspecified atom stereocenters. The molecule has 0 aliphatic rings. The van der Waals surface area contributed by atoms with Gasteiger partial charge in [0.15, 0.2) is 0 Å². The maximum Gasteiger partial charge on any atom is 0.136 e. The topological polar surface area (TPSA) is 29.5 Å². The van der Waals surface area contributed by atoms with Crippen LogP contribution in [-0.4, -0.2) is 5.11 Å². The summed E-state index contributed by atoms with van der Waals surface area (Å²) in [6.45, 7) is 5.26. The predicted molar refractivity (Wildman–Crippen MR) is 78.0 cm³/mol. The minimum Gasteiger partial charge on any atom is -0.457 e. The summed E-state index contributed by atoms with van der Waals surface area (Å²) in [5.41, 5.74) is 1.92. The molecule has 0 radical (unpaired) electrons. The Kier molecular flexibility index (Phi) is 4.31. The van der Waals surface area contributed by atoms with Gasteiger partial charge in [-0.05, 0) is 56.2 Å². The second-order valence-corrected chi connectivity index (χ2v) is 5.18. The van der Waals surface area contributed by atoms with E-state index in [0.29, 0.717) is 16.5 Å². The second-order valence-electron chi connectivity index (χ2n) is 4.80. The molecular weight excluding hydrogens is 279 g/mol. The monoisotopic (exact) mass is 294 g/mol. The average Bonchev–Trinajstić information content (AvgIpc) is 2.35. The molecule has 0 aliphatic heterocycles. The van der Waals surface area contributed by atoms with Gasteiger partial charge in [-0.1, -0.05) is 17.7 Å². The molecule has 2 nitrogen and oxygen atoms in total. The van der Waals surface area contributed by atoms with E-state index >= 15 is 0 Å². The van der Waals surface area contributed by atoms with E-state index in [1.165, 1.54) is 13.0 Å². The SMILES string of the molecule is Cc1cc(Oc2cccc(F)c2C(C)O)cc(C)c1Cl. The minimum absolute atomic E-state index is 0.151. The Labute approximate surface area is 122 Å². The van der Waals surface area contributed by atoms with Gasteiger partial charge in [0, 0.05) is 5.02 Å². The number of benzene rings is 2. The summed E-state index contributed by atoms with van der Waals surface area (Å²) < 4.78 is 19.5. The lowest BCUT2D eigenvalue weighted by Crippen LogP contribution is -2.00. The number of aryl methyl sites for hydroxylation is 2. The normalized spacial score (nSPS) is 12.3. The lowest BCUT2D eigenvalue weighted by Gasteiger charge is -2.15. The molecule has 0 bridgehead atoms. The summed E-state index contributed by atoms with van der Waals surface area (Å²) in [5.74, 6) is 0.387. The zero-order chi connectivity index (χ0) is 14.9. The van der Waals surface area contributed by atoms with E-state index in [4.69, 9.17) is 16.3 Å². The van der Waals surface area contributed by atoms with Crippen LogP contribution in [0.1, 0.15) is 29.7 Å². The molecule has 0 fully saturated rings. The number of rotatable bonds is 3. The maximum absolute atomic E-state index is 13.8. The summed E-state index contributed by atoms with van der Waals surface area (Å²) in [7, 11) is 0. The van der Waals surface area contributed by atoms with Crippen LogP contribution >= 0.6 is 11.6 Å². The molecule has 0 amide bonds.